The summed E-state index contributed by atoms with van der Waals surface area (Å²) in [5, 5.41) is 24.2. The molecule has 1 aromatic carbocycles. The van der Waals surface area contributed by atoms with Gasteiger partial charge in [-0.3, -0.25) is 10.1 Å². The lowest BCUT2D eigenvalue weighted by molar-refractivity contribution is -0.385. The van der Waals surface area contributed by atoms with E-state index in [1.165, 1.54) is 30.8 Å². The number of hydrogen-bond acceptors (Lipinski definition) is 5. The van der Waals surface area contributed by atoms with Gasteiger partial charge in [-0.15, -0.1) is 0 Å². The summed E-state index contributed by atoms with van der Waals surface area (Å²) in [5.74, 6) is -1.34. The summed E-state index contributed by atoms with van der Waals surface area (Å²) in [7, 11) is 1.50. The Hall–Kier alpha value is -2.42. The van der Waals surface area contributed by atoms with Crippen LogP contribution in [0.3, 0.4) is 0 Å². The summed E-state index contributed by atoms with van der Waals surface area (Å²) < 4.78 is 7.17. The minimum atomic E-state index is -1.21. The summed E-state index contributed by atoms with van der Waals surface area (Å²) in [6.45, 7) is 1.52. The van der Waals surface area contributed by atoms with Crippen molar-refractivity contribution in [3.63, 3.8) is 0 Å². The first-order valence-electron chi connectivity index (χ1n) is 5.70. The van der Waals surface area contributed by atoms with Crippen LogP contribution in [0.1, 0.15) is 16.1 Å². The van der Waals surface area contributed by atoms with Gasteiger partial charge in [0.2, 0.25) is 11.6 Å². The van der Waals surface area contributed by atoms with E-state index in [9.17, 15) is 20.0 Å². The van der Waals surface area contributed by atoms with Gasteiger partial charge in [0.25, 0.3) is 0 Å². The van der Waals surface area contributed by atoms with Crippen LogP contribution in [0.4, 0.5) is 5.69 Å². The Balaban J connectivity index is 2.53. The number of carbonyl (C=O) groups is 1. The highest BCUT2D eigenvalue weighted by atomic mass is 79.9. The fourth-order valence-electron chi connectivity index (χ4n) is 1.82. The number of nitro groups is 1. The number of rotatable bonds is 4. The van der Waals surface area contributed by atoms with Gasteiger partial charge in [-0.2, -0.15) is 5.10 Å². The van der Waals surface area contributed by atoms with Gasteiger partial charge in [0.1, 0.15) is 5.56 Å². The monoisotopic (exact) mass is 355 g/mol. The highest BCUT2D eigenvalue weighted by molar-refractivity contribution is 9.10. The van der Waals surface area contributed by atoms with E-state index in [0.717, 1.165) is 0 Å². The number of aromatic carboxylic acids is 1. The van der Waals surface area contributed by atoms with Crippen molar-refractivity contribution in [2.24, 2.45) is 7.05 Å². The lowest BCUT2D eigenvalue weighted by Crippen LogP contribution is -2.03. The number of aryl methyl sites for hydroxylation is 2. The highest BCUT2D eigenvalue weighted by Crippen LogP contribution is 2.35. The Morgan fingerprint density at radius 3 is 2.76 bits per heavy atom. The van der Waals surface area contributed by atoms with Crippen molar-refractivity contribution < 1.29 is 19.6 Å². The number of halogens is 1. The molecule has 0 aliphatic rings. The van der Waals surface area contributed by atoms with Gasteiger partial charge < -0.3 is 9.84 Å². The molecule has 0 radical (unpaired) electrons. The first-order valence-corrected chi connectivity index (χ1v) is 6.49. The summed E-state index contributed by atoms with van der Waals surface area (Å²) in [5.41, 5.74) is -0.144. The minimum Gasteiger partial charge on any atom is -0.477 e. The Kier molecular flexibility index (Phi) is 3.94. The number of hydrogen-bond donors (Lipinski definition) is 1. The van der Waals surface area contributed by atoms with Crippen molar-refractivity contribution in [2.75, 3.05) is 0 Å². The van der Waals surface area contributed by atoms with Crippen LogP contribution in [-0.2, 0) is 7.05 Å². The molecule has 0 atom stereocenters. The molecule has 0 aliphatic carbocycles. The molecule has 21 heavy (non-hydrogen) atoms. The van der Waals surface area contributed by atoms with E-state index < -0.39 is 10.9 Å². The van der Waals surface area contributed by atoms with Gasteiger partial charge in [-0.25, -0.2) is 9.48 Å². The van der Waals surface area contributed by atoms with Crippen LogP contribution in [0, 0.1) is 17.0 Å². The summed E-state index contributed by atoms with van der Waals surface area (Å²) in [4.78, 5) is 21.7. The second-order valence-corrected chi connectivity index (χ2v) is 5.08. The van der Waals surface area contributed by atoms with Crippen molar-refractivity contribution in [3.05, 3.63) is 44.0 Å². The summed E-state index contributed by atoms with van der Waals surface area (Å²) >= 11 is 3.13. The number of benzene rings is 1. The normalized spacial score (nSPS) is 10.4. The van der Waals surface area contributed by atoms with E-state index in [1.54, 1.807) is 6.07 Å². The number of carboxylic acid groups (broad SMARTS) is 1. The van der Waals surface area contributed by atoms with Crippen molar-refractivity contribution in [1.29, 1.82) is 0 Å². The standard InChI is InChI=1S/C12H10BrN3O5/c1-6-10(12(17)18)11(15(2)14-6)21-9-4-3-7(13)5-8(9)16(19)20/h3-5H,1-2H3,(H,17,18). The molecule has 0 bridgehead atoms. The Labute approximate surface area is 127 Å². The highest BCUT2D eigenvalue weighted by Gasteiger charge is 2.24. The zero-order chi connectivity index (χ0) is 15.7. The fourth-order valence-corrected chi connectivity index (χ4v) is 2.17. The number of nitrogens with zero attached hydrogens (tertiary/aromatic N) is 3. The van der Waals surface area contributed by atoms with E-state index in [0.29, 0.717) is 4.47 Å². The molecule has 0 aliphatic heterocycles. The Morgan fingerprint density at radius 2 is 2.19 bits per heavy atom. The van der Waals surface area contributed by atoms with Crippen molar-refractivity contribution in [1.82, 2.24) is 9.78 Å². The molecule has 1 aromatic heterocycles. The Morgan fingerprint density at radius 1 is 1.52 bits per heavy atom. The quantitative estimate of drug-likeness (QED) is 0.667. The minimum absolute atomic E-state index is 0.0614. The largest absolute Gasteiger partial charge is 0.477 e. The van der Waals surface area contributed by atoms with Gasteiger partial charge >= 0.3 is 11.7 Å². The fraction of sp³-hybridized carbons (Fsp3) is 0.167. The third-order valence-corrected chi connectivity index (χ3v) is 3.20. The van der Waals surface area contributed by atoms with Crippen molar-refractivity contribution >= 4 is 27.6 Å². The van der Waals surface area contributed by atoms with Crippen molar-refractivity contribution in [3.8, 4) is 11.6 Å². The van der Waals surface area contributed by atoms with E-state index in [-0.39, 0.29) is 28.6 Å². The molecule has 2 aromatic rings. The van der Waals surface area contributed by atoms with Gasteiger partial charge in [-0.05, 0) is 19.1 Å². The van der Waals surface area contributed by atoms with E-state index >= 15 is 0 Å². The molecule has 1 N–H and O–H groups in total. The smallest absolute Gasteiger partial charge is 0.343 e. The molecule has 9 heteroatoms. The molecule has 8 nitrogen and oxygen atoms in total. The van der Waals surface area contributed by atoms with Gasteiger partial charge in [0, 0.05) is 17.6 Å². The van der Waals surface area contributed by atoms with E-state index in [1.807, 2.05) is 0 Å². The molecular formula is C12H10BrN3O5. The van der Waals surface area contributed by atoms with Crippen LogP contribution < -0.4 is 4.74 Å². The second-order valence-electron chi connectivity index (χ2n) is 4.17. The van der Waals surface area contributed by atoms with Crippen LogP contribution in [0.2, 0.25) is 0 Å². The molecule has 1 heterocycles. The molecule has 0 spiro atoms. The molecule has 110 valence electrons. The summed E-state index contributed by atoms with van der Waals surface area (Å²) in [6.07, 6.45) is 0. The first kappa shape index (κ1) is 15.0. The predicted molar refractivity (Wildman–Crippen MR) is 75.8 cm³/mol. The molecule has 0 unspecified atom stereocenters. The molecule has 0 saturated carbocycles. The van der Waals surface area contributed by atoms with Gasteiger partial charge in [0.05, 0.1) is 10.6 Å². The third kappa shape index (κ3) is 2.87. The van der Waals surface area contributed by atoms with Crippen LogP contribution in [0.5, 0.6) is 11.6 Å². The maximum absolute atomic E-state index is 11.2. The number of carboxylic acids is 1. The average molecular weight is 356 g/mol. The molecule has 0 saturated heterocycles. The molecule has 2 rings (SSSR count). The van der Waals surface area contributed by atoms with Gasteiger partial charge in [0.15, 0.2) is 0 Å². The maximum atomic E-state index is 11.2. The van der Waals surface area contributed by atoms with Crippen LogP contribution >= 0.6 is 15.9 Å². The van der Waals surface area contributed by atoms with Crippen molar-refractivity contribution in [2.45, 2.75) is 6.92 Å². The number of nitro benzene ring substituents is 1. The van der Waals surface area contributed by atoms with Crippen LogP contribution in [0.25, 0.3) is 0 Å². The topological polar surface area (TPSA) is 107 Å². The zero-order valence-electron chi connectivity index (χ0n) is 11.0. The lowest BCUT2D eigenvalue weighted by atomic mass is 10.2. The van der Waals surface area contributed by atoms with E-state index in [2.05, 4.69) is 21.0 Å². The molecule has 0 amide bonds. The SMILES string of the molecule is Cc1nn(C)c(Oc2ccc(Br)cc2[N+](=O)[O-])c1C(=O)O. The third-order valence-electron chi connectivity index (χ3n) is 2.71. The lowest BCUT2D eigenvalue weighted by Gasteiger charge is -2.07. The Bertz CT molecular complexity index is 741. The maximum Gasteiger partial charge on any atom is 0.343 e. The number of ether oxygens (including phenoxy) is 1. The van der Waals surface area contributed by atoms with Gasteiger partial charge in [-0.1, -0.05) is 15.9 Å². The first-order chi connectivity index (χ1) is 9.81. The zero-order valence-corrected chi connectivity index (χ0v) is 12.6. The van der Waals surface area contributed by atoms with Crippen LogP contribution in [-0.4, -0.2) is 25.8 Å². The average Bonchev–Trinajstić information content (AvgIpc) is 2.66. The second kappa shape index (κ2) is 5.52. The predicted octanol–water partition coefficient (Wildman–Crippen LogP) is 2.89. The van der Waals surface area contributed by atoms with Crippen LogP contribution in [0.15, 0.2) is 22.7 Å². The molecular weight excluding hydrogens is 346 g/mol. The number of aromatic nitrogens is 2. The molecule has 0 fully saturated rings. The van der Waals surface area contributed by atoms with E-state index in [4.69, 9.17) is 4.74 Å². The summed E-state index contributed by atoms with van der Waals surface area (Å²) in [6, 6.07) is 4.22.